The third kappa shape index (κ3) is 3.32. The van der Waals surface area contributed by atoms with Gasteiger partial charge in [0, 0.05) is 44.1 Å². The molecule has 1 aliphatic rings. The lowest BCUT2D eigenvalue weighted by atomic mass is 9.76. The molecule has 0 saturated heterocycles. The smallest absolute Gasteiger partial charge is 0.165 e. The second-order valence-corrected chi connectivity index (χ2v) is 7.65. The number of hydrogen-bond donors (Lipinski definition) is 0. The van der Waals surface area contributed by atoms with E-state index in [9.17, 15) is 4.79 Å². The molecule has 3 nitrogen and oxygen atoms in total. The predicted molar refractivity (Wildman–Crippen MR) is 81.1 cm³/mol. The number of ketones is 1. The summed E-state index contributed by atoms with van der Waals surface area (Å²) in [6, 6.07) is 2.00. The molecule has 112 valence electrons. The number of rotatable bonds is 5. The molecule has 0 spiro atoms. The van der Waals surface area contributed by atoms with Crippen molar-refractivity contribution in [3.05, 3.63) is 23.5 Å². The second-order valence-electron chi connectivity index (χ2n) is 7.65. The van der Waals surface area contributed by atoms with Crippen molar-refractivity contribution in [3.63, 3.8) is 0 Å². The minimum absolute atomic E-state index is 0.0802. The number of ether oxygens (including phenoxy) is 1. The Kier molecular flexibility index (Phi) is 4.10. The number of carbonyl (C=O) groups is 1. The van der Waals surface area contributed by atoms with Crippen LogP contribution >= 0.6 is 0 Å². The van der Waals surface area contributed by atoms with Crippen molar-refractivity contribution in [1.82, 2.24) is 4.57 Å². The molecule has 1 aromatic heterocycles. The van der Waals surface area contributed by atoms with Crippen LogP contribution in [0, 0.1) is 10.8 Å². The summed E-state index contributed by atoms with van der Waals surface area (Å²) in [4.78, 5) is 12.2. The molecule has 0 bridgehead atoms. The number of carbonyl (C=O) groups excluding carboxylic acids is 1. The van der Waals surface area contributed by atoms with Crippen LogP contribution in [0.15, 0.2) is 12.3 Å². The number of fused-ring (bicyclic) bond motifs is 1. The first kappa shape index (κ1) is 15.3. The van der Waals surface area contributed by atoms with Crippen molar-refractivity contribution in [2.45, 2.75) is 53.5 Å². The normalized spacial score (nSPS) is 18.1. The molecule has 1 aliphatic carbocycles. The molecule has 0 aliphatic heterocycles. The highest BCUT2D eigenvalue weighted by molar-refractivity contribution is 5.98. The fraction of sp³-hybridized carbons (Fsp3) is 0.706. The van der Waals surface area contributed by atoms with Gasteiger partial charge in [0.05, 0.1) is 0 Å². The summed E-state index contributed by atoms with van der Waals surface area (Å²) in [7, 11) is 1.74. The summed E-state index contributed by atoms with van der Waals surface area (Å²) in [5.41, 5.74) is 2.41. The molecule has 2 rings (SSSR count). The van der Waals surface area contributed by atoms with E-state index in [4.69, 9.17) is 4.74 Å². The lowest BCUT2D eigenvalue weighted by molar-refractivity contribution is 0.0907. The fourth-order valence-corrected chi connectivity index (χ4v) is 3.07. The largest absolute Gasteiger partial charge is 0.385 e. The number of aromatic nitrogens is 1. The minimum Gasteiger partial charge on any atom is -0.385 e. The van der Waals surface area contributed by atoms with E-state index in [0.29, 0.717) is 12.2 Å². The zero-order valence-corrected chi connectivity index (χ0v) is 13.5. The highest BCUT2D eigenvalue weighted by Crippen LogP contribution is 2.36. The van der Waals surface area contributed by atoms with Crippen molar-refractivity contribution >= 4 is 5.78 Å². The van der Waals surface area contributed by atoms with Gasteiger partial charge in [0.1, 0.15) is 0 Å². The average molecular weight is 277 g/mol. The van der Waals surface area contributed by atoms with Gasteiger partial charge in [-0.2, -0.15) is 0 Å². The monoisotopic (exact) mass is 277 g/mol. The standard InChI is InChI=1S/C17H27NO2/c1-16(2,7-9-20-5)12-18-8-6-13-14(18)10-17(3,4)11-15(13)19/h6,8H,7,9-12H2,1-5H3. The number of hydrogen-bond acceptors (Lipinski definition) is 2. The molecule has 20 heavy (non-hydrogen) atoms. The molecule has 0 fully saturated rings. The Balaban J connectivity index is 2.21. The zero-order valence-electron chi connectivity index (χ0n) is 13.5. The van der Waals surface area contributed by atoms with Crippen LogP contribution in [-0.4, -0.2) is 24.1 Å². The van der Waals surface area contributed by atoms with Gasteiger partial charge in [-0.15, -0.1) is 0 Å². The third-order valence-corrected chi connectivity index (χ3v) is 4.25. The second kappa shape index (κ2) is 5.36. The zero-order chi connectivity index (χ0) is 15.0. The van der Waals surface area contributed by atoms with E-state index in [0.717, 1.165) is 31.6 Å². The van der Waals surface area contributed by atoms with Gasteiger partial charge < -0.3 is 9.30 Å². The molecule has 0 unspecified atom stereocenters. The van der Waals surface area contributed by atoms with Gasteiger partial charge in [0.2, 0.25) is 0 Å². The van der Waals surface area contributed by atoms with Crippen LogP contribution in [0.5, 0.6) is 0 Å². The Hall–Kier alpha value is -1.09. The topological polar surface area (TPSA) is 31.2 Å². The van der Waals surface area contributed by atoms with Crippen molar-refractivity contribution < 1.29 is 9.53 Å². The first-order valence-corrected chi connectivity index (χ1v) is 7.44. The van der Waals surface area contributed by atoms with Crippen molar-refractivity contribution in [1.29, 1.82) is 0 Å². The van der Waals surface area contributed by atoms with Gasteiger partial charge >= 0.3 is 0 Å². The Morgan fingerprint density at radius 2 is 2.05 bits per heavy atom. The third-order valence-electron chi connectivity index (χ3n) is 4.25. The Morgan fingerprint density at radius 3 is 2.70 bits per heavy atom. The maximum absolute atomic E-state index is 12.2. The van der Waals surface area contributed by atoms with Crippen LogP contribution in [0.3, 0.4) is 0 Å². The fourth-order valence-electron chi connectivity index (χ4n) is 3.07. The molecule has 0 atom stereocenters. The predicted octanol–water partition coefficient (Wildman–Crippen LogP) is 3.71. The quantitative estimate of drug-likeness (QED) is 0.821. The first-order valence-electron chi connectivity index (χ1n) is 7.44. The van der Waals surface area contributed by atoms with Crippen LogP contribution in [0.2, 0.25) is 0 Å². The van der Waals surface area contributed by atoms with Crippen LogP contribution < -0.4 is 0 Å². The van der Waals surface area contributed by atoms with E-state index in [1.165, 1.54) is 5.69 Å². The van der Waals surface area contributed by atoms with Gasteiger partial charge in [-0.05, 0) is 29.7 Å². The SMILES string of the molecule is COCCC(C)(C)Cn1ccc2c1CC(C)(C)CC2=O. The van der Waals surface area contributed by atoms with Crippen molar-refractivity contribution in [2.24, 2.45) is 10.8 Å². The van der Waals surface area contributed by atoms with E-state index >= 15 is 0 Å². The average Bonchev–Trinajstić information content (AvgIpc) is 2.68. The Labute approximate surface area is 122 Å². The Bertz CT molecular complexity index is 497. The van der Waals surface area contributed by atoms with E-state index in [1.54, 1.807) is 7.11 Å². The molecular formula is C17H27NO2. The van der Waals surface area contributed by atoms with Gasteiger partial charge in [-0.1, -0.05) is 27.7 Å². The molecule has 0 aromatic carbocycles. The highest BCUT2D eigenvalue weighted by Gasteiger charge is 2.33. The molecule has 0 radical (unpaired) electrons. The summed E-state index contributed by atoms with van der Waals surface area (Å²) in [6.45, 7) is 10.6. The summed E-state index contributed by atoms with van der Waals surface area (Å²) in [5.74, 6) is 0.296. The maximum atomic E-state index is 12.2. The lowest BCUT2D eigenvalue weighted by Crippen LogP contribution is -2.30. The molecule has 3 heteroatoms. The molecule has 1 aromatic rings. The van der Waals surface area contributed by atoms with E-state index in [2.05, 4.69) is 38.5 Å². The van der Waals surface area contributed by atoms with Gasteiger partial charge in [0.15, 0.2) is 5.78 Å². The lowest BCUT2D eigenvalue weighted by Gasteiger charge is -2.32. The van der Waals surface area contributed by atoms with Crippen LogP contribution in [0.4, 0.5) is 0 Å². The first-order chi connectivity index (χ1) is 9.24. The van der Waals surface area contributed by atoms with Crippen LogP contribution in [-0.2, 0) is 17.7 Å². The van der Waals surface area contributed by atoms with Gasteiger partial charge in [-0.3, -0.25) is 4.79 Å². The summed E-state index contributed by atoms with van der Waals surface area (Å²) >= 11 is 0. The maximum Gasteiger partial charge on any atom is 0.165 e. The molecule has 0 N–H and O–H groups in total. The summed E-state index contributed by atoms with van der Waals surface area (Å²) < 4.78 is 7.48. The summed E-state index contributed by atoms with van der Waals surface area (Å²) in [5, 5.41) is 0. The molecule has 1 heterocycles. The minimum atomic E-state index is 0.0802. The van der Waals surface area contributed by atoms with Crippen LogP contribution in [0.1, 0.15) is 56.6 Å². The van der Waals surface area contributed by atoms with Gasteiger partial charge in [-0.25, -0.2) is 0 Å². The van der Waals surface area contributed by atoms with Crippen molar-refractivity contribution in [2.75, 3.05) is 13.7 Å². The summed E-state index contributed by atoms with van der Waals surface area (Å²) in [6.07, 6.45) is 4.75. The van der Waals surface area contributed by atoms with Crippen LogP contribution in [0.25, 0.3) is 0 Å². The van der Waals surface area contributed by atoms with E-state index in [1.807, 2.05) is 6.07 Å². The number of nitrogens with zero attached hydrogens (tertiary/aromatic N) is 1. The molecule has 0 amide bonds. The van der Waals surface area contributed by atoms with Gasteiger partial charge in [0.25, 0.3) is 0 Å². The Morgan fingerprint density at radius 1 is 1.35 bits per heavy atom. The molecular weight excluding hydrogens is 250 g/mol. The highest BCUT2D eigenvalue weighted by atomic mass is 16.5. The molecule has 0 saturated carbocycles. The van der Waals surface area contributed by atoms with Crippen molar-refractivity contribution in [3.8, 4) is 0 Å². The number of methoxy groups -OCH3 is 1. The van der Waals surface area contributed by atoms with E-state index < -0.39 is 0 Å². The van der Waals surface area contributed by atoms with E-state index in [-0.39, 0.29) is 10.8 Å². The number of Topliss-reactive ketones (excluding diaryl/α,β-unsaturated/α-hetero) is 1.